The van der Waals surface area contributed by atoms with Gasteiger partial charge in [0, 0.05) is 25.8 Å². The van der Waals surface area contributed by atoms with Crippen molar-refractivity contribution in [2.75, 3.05) is 37.6 Å². The Morgan fingerprint density at radius 1 is 1.06 bits per heavy atom. The first-order chi connectivity index (χ1) is 15.7. The standard InChI is InChI=1S/C25H29N3O5/c1-6-33-24(31)25(2)20-19(21(26-25)15-7-9-16(10-8-15)27(3)4)22(29)28(23(20)30)17-11-13-18(32-5)14-12-17/h7-14,19-21,26H,6H2,1-5H3/t19-,20+,21-,25-/m0/s1. The number of nitrogens with zero attached hydrogens (tertiary/aromatic N) is 2. The number of amides is 2. The molecule has 0 radical (unpaired) electrons. The maximum Gasteiger partial charge on any atom is 0.326 e. The molecule has 8 heteroatoms. The zero-order chi connectivity index (χ0) is 23.9. The third-order valence-corrected chi connectivity index (χ3v) is 6.59. The smallest absolute Gasteiger partial charge is 0.326 e. The van der Waals surface area contributed by atoms with Crippen LogP contribution in [0.15, 0.2) is 48.5 Å². The lowest BCUT2D eigenvalue weighted by atomic mass is 9.80. The molecule has 2 fully saturated rings. The van der Waals surface area contributed by atoms with Crippen LogP contribution in [0.25, 0.3) is 0 Å². The van der Waals surface area contributed by atoms with E-state index in [0.717, 1.165) is 11.3 Å². The number of nitrogens with one attached hydrogen (secondary N) is 1. The van der Waals surface area contributed by atoms with Gasteiger partial charge in [-0.2, -0.15) is 0 Å². The molecule has 2 aliphatic rings. The SMILES string of the molecule is CCOC(=O)[C@@]1(C)N[C@@H](c2ccc(N(C)C)cc2)[C@H]2C(=O)N(c3ccc(OC)cc3)C(=O)[C@@H]21. The summed E-state index contributed by atoms with van der Waals surface area (Å²) in [5, 5.41) is 3.29. The highest BCUT2D eigenvalue weighted by Crippen LogP contribution is 2.50. The molecule has 0 bridgehead atoms. The van der Waals surface area contributed by atoms with Crippen molar-refractivity contribution in [1.29, 1.82) is 0 Å². The summed E-state index contributed by atoms with van der Waals surface area (Å²) < 4.78 is 10.5. The minimum Gasteiger partial charge on any atom is -0.497 e. The third kappa shape index (κ3) is 3.64. The van der Waals surface area contributed by atoms with Gasteiger partial charge in [-0.25, -0.2) is 4.90 Å². The minimum absolute atomic E-state index is 0.181. The Labute approximate surface area is 193 Å². The van der Waals surface area contributed by atoms with Crippen molar-refractivity contribution >= 4 is 29.2 Å². The molecule has 0 saturated carbocycles. The summed E-state index contributed by atoms with van der Waals surface area (Å²) in [5.74, 6) is -2.29. The molecule has 4 atom stereocenters. The zero-order valence-electron chi connectivity index (χ0n) is 19.5. The van der Waals surface area contributed by atoms with Crippen LogP contribution in [0.1, 0.15) is 25.5 Å². The Hall–Kier alpha value is -3.39. The number of rotatable bonds is 6. The van der Waals surface area contributed by atoms with Crippen LogP contribution in [0.5, 0.6) is 5.75 Å². The number of hydrogen-bond acceptors (Lipinski definition) is 7. The predicted octanol–water partition coefficient (Wildman–Crippen LogP) is 2.53. The summed E-state index contributed by atoms with van der Waals surface area (Å²) in [7, 11) is 5.44. The number of esters is 1. The largest absolute Gasteiger partial charge is 0.497 e. The maximum absolute atomic E-state index is 13.7. The molecule has 2 amide bonds. The number of benzene rings is 2. The van der Waals surface area contributed by atoms with Crippen molar-refractivity contribution in [2.24, 2.45) is 11.8 Å². The molecule has 2 aromatic carbocycles. The highest BCUT2D eigenvalue weighted by molar-refractivity contribution is 6.24. The Morgan fingerprint density at radius 2 is 1.70 bits per heavy atom. The summed E-state index contributed by atoms with van der Waals surface area (Å²) in [6.07, 6.45) is 0. The van der Waals surface area contributed by atoms with E-state index in [1.807, 2.05) is 43.3 Å². The number of imide groups is 1. The molecule has 0 aromatic heterocycles. The summed E-state index contributed by atoms with van der Waals surface area (Å²) in [4.78, 5) is 43.5. The summed E-state index contributed by atoms with van der Waals surface area (Å²) >= 11 is 0. The molecular weight excluding hydrogens is 422 g/mol. The summed E-state index contributed by atoms with van der Waals surface area (Å²) in [6, 6.07) is 14.0. The lowest BCUT2D eigenvalue weighted by molar-refractivity contribution is -0.153. The molecule has 0 aliphatic carbocycles. The summed E-state index contributed by atoms with van der Waals surface area (Å²) in [5.41, 5.74) is 0.962. The van der Waals surface area contributed by atoms with Gasteiger partial charge < -0.3 is 14.4 Å². The van der Waals surface area contributed by atoms with Crippen LogP contribution < -0.4 is 19.9 Å². The van der Waals surface area contributed by atoms with E-state index in [-0.39, 0.29) is 12.5 Å². The fourth-order valence-corrected chi connectivity index (χ4v) is 4.86. The van der Waals surface area contributed by atoms with Gasteiger partial charge in [-0.1, -0.05) is 12.1 Å². The second kappa shape index (κ2) is 8.51. The van der Waals surface area contributed by atoms with Gasteiger partial charge >= 0.3 is 5.97 Å². The van der Waals surface area contributed by atoms with Crippen LogP contribution >= 0.6 is 0 Å². The van der Waals surface area contributed by atoms with Crippen molar-refractivity contribution in [2.45, 2.75) is 25.4 Å². The Balaban J connectivity index is 1.77. The second-order valence-corrected chi connectivity index (χ2v) is 8.74. The first-order valence-corrected chi connectivity index (χ1v) is 11.0. The fourth-order valence-electron chi connectivity index (χ4n) is 4.86. The highest BCUT2D eigenvalue weighted by Gasteiger charge is 2.67. The number of hydrogen-bond donors (Lipinski definition) is 1. The number of carbonyl (C=O) groups excluding carboxylic acids is 3. The number of ether oxygens (including phenoxy) is 2. The van der Waals surface area contributed by atoms with Gasteiger partial charge in [0.1, 0.15) is 11.3 Å². The number of fused-ring (bicyclic) bond motifs is 1. The molecule has 1 N–H and O–H groups in total. The molecule has 8 nitrogen and oxygen atoms in total. The van der Waals surface area contributed by atoms with E-state index >= 15 is 0 Å². The lowest BCUT2D eigenvalue weighted by Crippen LogP contribution is -2.54. The topological polar surface area (TPSA) is 88.2 Å². The molecule has 33 heavy (non-hydrogen) atoms. The normalized spacial score (nSPS) is 26.3. The average molecular weight is 452 g/mol. The van der Waals surface area contributed by atoms with E-state index in [2.05, 4.69) is 5.32 Å². The first-order valence-electron chi connectivity index (χ1n) is 11.0. The van der Waals surface area contributed by atoms with E-state index < -0.39 is 35.3 Å². The number of carbonyl (C=O) groups is 3. The Morgan fingerprint density at radius 3 is 2.24 bits per heavy atom. The van der Waals surface area contributed by atoms with Crippen LogP contribution in [0.4, 0.5) is 11.4 Å². The summed E-state index contributed by atoms with van der Waals surface area (Å²) in [6.45, 7) is 3.55. The van der Waals surface area contributed by atoms with Gasteiger partial charge in [-0.3, -0.25) is 19.7 Å². The highest BCUT2D eigenvalue weighted by atomic mass is 16.5. The number of anilines is 2. The van der Waals surface area contributed by atoms with Crippen LogP contribution in [0.3, 0.4) is 0 Å². The zero-order valence-corrected chi connectivity index (χ0v) is 19.5. The van der Waals surface area contributed by atoms with Gasteiger partial charge in [0.25, 0.3) is 0 Å². The molecular formula is C25H29N3O5. The van der Waals surface area contributed by atoms with Crippen LogP contribution in [-0.2, 0) is 19.1 Å². The van der Waals surface area contributed by atoms with Gasteiger partial charge in [-0.15, -0.1) is 0 Å². The maximum atomic E-state index is 13.7. The van der Waals surface area contributed by atoms with E-state index in [1.165, 1.54) is 4.90 Å². The average Bonchev–Trinajstić information content (AvgIpc) is 3.27. The van der Waals surface area contributed by atoms with Crippen molar-refractivity contribution in [3.63, 3.8) is 0 Å². The van der Waals surface area contributed by atoms with E-state index in [0.29, 0.717) is 11.4 Å². The minimum atomic E-state index is -1.33. The molecule has 2 heterocycles. The molecule has 0 unspecified atom stereocenters. The lowest BCUT2D eigenvalue weighted by Gasteiger charge is -2.29. The third-order valence-electron chi connectivity index (χ3n) is 6.59. The van der Waals surface area contributed by atoms with Gasteiger partial charge in [0.15, 0.2) is 0 Å². The van der Waals surface area contributed by atoms with E-state index in [4.69, 9.17) is 9.47 Å². The van der Waals surface area contributed by atoms with Crippen LogP contribution in [-0.4, -0.2) is 51.1 Å². The fraction of sp³-hybridized carbons (Fsp3) is 0.400. The molecule has 2 saturated heterocycles. The Kier molecular flexibility index (Phi) is 5.88. The molecule has 2 aromatic rings. The van der Waals surface area contributed by atoms with E-state index in [1.54, 1.807) is 45.2 Å². The molecule has 0 spiro atoms. The van der Waals surface area contributed by atoms with Crippen LogP contribution in [0.2, 0.25) is 0 Å². The second-order valence-electron chi connectivity index (χ2n) is 8.74. The predicted molar refractivity (Wildman–Crippen MR) is 124 cm³/mol. The Bertz CT molecular complexity index is 1070. The van der Waals surface area contributed by atoms with Crippen LogP contribution in [0, 0.1) is 11.8 Å². The van der Waals surface area contributed by atoms with Crippen molar-refractivity contribution in [1.82, 2.24) is 5.32 Å². The van der Waals surface area contributed by atoms with Gasteiger partial charge in [-0.05, 0) is 55.8 Å². The quantitative estimate of drug-likeness (QED) is 0.533. The van der Waals surface area contributed by atoms with Crippen molar-refractivity contribution < 1.29 is 23.9 Å². The van der Waals surface area contributed by atoms with Gasteiger partial charge in [0.05, 0.1) is 31.2 Å². The van der Waals surface area contributed by atoms with Gasteiger partial charge in [0.2, 0.25) is 11.8 Å². The first kappa shape index (κ1) is 22.8. The molecule has 4 rings (SSSR count). The number of methoxy groups -OCH3 is 1. The van der Waals surface area contributed by atoms with Crippen molar-refractivity contribution in [3.8, 4) is 5.75 Å². The monoisotopic (exact) mass is 451 g/mol. The molecule has 2 aliphatic heterocycles. The molecule has 174 valence electrons. The van der Waals surface area contributed by atoms with Crippen molar-refractivity contribution in [3.05, 3.63) is 54.1 Å². The van der Waals surface area contributed by atoms with E-state index in [9.17, 15) is 14.4 Å².